The van der Waals surface area contributed by atoms with E-state index < -0.39 is 5.97 Å². The van der Waals surface area contributed by atoms with E-state index in [4.69, 9.17) is 5.11 Å². The smallest absolute Gasteiger partial charge is 0.328 e. The van der Waals surface area contributed by atoms with Crippen LogP contribution in [0.2, 0.25) is 0 Å². The molecule has 0 bridgehead atoms. The standard InChI is InChI=1S/C11H16O2/c1-11(2,3)9-7-5-4-6-8-10(12)13/h4-9H,1-3H3,(H,12,13)/b5-4+,8-6+,9-7+. The number of rotatable bonds is 3. The van der Waals surface area contributed by atoms with Crippen LogP contribution in [-0.2, 0) is 4.79 Å². The van der Waals surface area contributed by atoms with Crippen LogP contribution in [0, 0.1) is 5.41 Å². The van der Waals surface area contributed by atoms with Gasteiger partial charge in [-0.25, -0.2) is 4.79 Å². The lowest BCUT2D eigenvalue weighted by Gasteiger charge is -2.09. The Balaban J connectivity index is 3.89. The van der Waals surface area contributed by atoms with Crippen molar-refractivity contribution in [2.24, 2.45) is 5.41 Å². The normalized spacial score (nSPS) is 13.5. The molecule has 0 saturated heterocycles. The molecule has 0 aromatic heterocycles. The summed E-state index contributed by atoms with van der Waals surface area (Å²) in [5, 5.41) is 8.26. The van der Waals surface area contributed by atoms with E-state index in [1.54, 1.807) is 6.08 Å². The quantitative estimate of drug-likeness (QED) is 0.535. The first-order valence-corrected chi connectivity index (χ1v) is 4.17. The lowest BCUT2D eigenvalue weighted by atomic mass is 9.96. The van der Waals surface area contributed by atoms with Gasteiger partial charge in [0.2, 0.25) is 0 Å². The minimum Gasteiger partial charge on any atom is -0.478 e. The minimum absolute atomic E-state index is 0.168. The van der Waals surface area contributed by atoms with Gasteiger partial charge in [0.15, 0.2) is 0 Å². The second-order valence-corrected chi connectivity index (χ2v) is 3.81. The third kappa shape index (κ3) is 10.7. The van der Waals surface area contributed by atoms with E-state index in [0.717, 1.165) is 6.08 Å². The van der Waals surface area contributed by atoms with E-state index in [0.29, 0.717) is 0 Å². The lowest BCUT2D eigenvalue weighted by molar-refractivity contribution is -0.131. The molecule has 0 rings (SSSR count). The molecule has 0 heterocycles. The number of carboxylic acid groups (broad SMARTS) is 1. The van der Waals surface area contributed by atoms with Crippen LogP contribution in [0.5, 0.6) is 0 Å². The summed E-state index contributed by atoms with van der Waals surface area (Å²) in [7, 11) is 0. The molecule has 0 saturated carbocycles. The summed E-state index contributed by atoms with van der Waals surface area (Å²) in [6, 6.07) is 0. The largest absolute Gasteiger partial charge is 0.478 e. The van der Waals surface area contributed by atoms with Crippen molar-refractivity contribution in [3.05, 3.63) is 36.5 Å². The lowest BCUT2D eigenvalue weighted by Crippen LogP contribution is -1.97. The third-order valence-electron chi connectivity index (χ3n) is 1.17. The summed E-state index contributed by atoms with van der Waals surface area (Å²) in [5.41, 5.74) is 0.168. The van der Waals surface area contributed by atoms with Gasteiger partial charge < -0.3 is 5.11 Å². The summed E-state index contributed by atoms with van der Waals surface area (Å²) in [6.07, 6.45) is 10.1. The van der Waals surface area contributed by atoms with Gasteiger partial charge in [-0.05, 0) is 5.41 Å². The first-order valence-electron chi connectivity index (χ1n) is 4.17. The molecule has 0 spiro atoms. The summed E-state index contributed by atoms with van der Waals surface area (Å²) in [5.74, 6) is -0.926. The Morgan fingerprint density at radius 2 is 1.62 bits per heavy atom. The van der Waals surface area contributed by atoms with Gasteiger partial charge in [-0.2, -0.15) is 0 Å². The fourth-order valence-electron chi connectivity index (χ4n) is 0.610. The van der Waals surface area contributed by atoms with Crippen LogP contribution in [0.1, 0.15) is 20.8 Å². The fraction of sp³-hybridized carbons (Fsp3) is 0.364. The molecule has 13 heavy (non-hydrogen) atoms. The van der Waals surface area contributed by atoms with E-state index in [9.17, 15) is 4.79 Å². The molecule has 0 aromatic carbocycles. The fourth-order valence-corrected chi connectivity index (χ4v) is 0.610. The van der Waals surface area contributed by atoms with E-state index in [1.165, 1.54) is 6.08 Å². The van der Waals surface area contributed by atoms with Crippen molar-refractivity contribution in [1.82, 2.24) is 0 Å². The van der Waals surface area contributed by atoms with Crippen molar-refractivity contribution in [2.45, 2.75) is 20.8 Å². The molecule has 0 unspecified atom stereocenters. The molecule has 1 N–H and O–H groups in total. The predicted octanol–water partition coefficient (Wildman–Crippen LogP) is 2.79. The van der Waals surface area contributed by atoms with Crippen molar-refractivity contribution in [2.75, 3.05) is 0 Å². The Morgan fingerprint density at radius 1 is 1.08 bits per heavy atom. The Labute approximate surface area is 79.3 Å². The van der Waals surface area contributed by atoms with Crippen molar-refractivity contribution in [1.29, 1.82) is 0 Å². The number of carbonyl (C=O) groups is 1. The molecular formula is C11H16O2. The Morgan fingerprint density at radius 3 is 2.08 bits per heavy atom. The van der Waals surface area contributed by atoms with Gasteiger partial charge in [-0.15, -0.1) is 0 Å². The number of aliphatic carboxylic acids is 1. The number of hydrogen-bond donors (Lipinski definition) is 1. The average molecular weight is 180 g/mol. The third-order valence-corrected chi connectivity index (χ3v) is 1.17. The molecule has 0 fully saturated rings. The zero-order chi connectivity index (χ0) is 10.3. The molecule has 72 valence electrons. The van der Waals surface area contributed by atoms with Crippen molar-refractivity contribution >= 4 is 5.97 Å². The van der Waals surface area contributed by atoms with Crippen LogP contribution < -0.4 is 0 Å². The van der Waals surface area contributed by atoms with Gasteiger partial charge in [0.25, 0.3) is 0 Å². The van der Waals surface area contributed by atoms with Crippen LogP contribution in [0.15, 0.2) is 36.5 Å². The van der Waals surface area contributed by atoms with E-state index in [1.807, 2.05) is 12.2 Å². The van der Waals surface area contributed by atoms with Gasteiger partial charge in [0.1, 0.15) is 0 Å². The van der Waals surface area contributed by atoms with Crippen molar-refractivity contribution in [3.8, 4) is 0 Å². The van der Waals surface area contributed by atoms with Crippen LogP contribution in [0.25, 0.3) is 0 Å². The van der Waals surface area contributed by atoms with Gasteiger partial charge in [-0.3, -0.25) is 0 Å². The topological polar surface area (TPSA) is 37.3 Å². The molecule has 0 aliphatic heterocycles. The molecule has 0 aromatic rings. The maximum Gasteiger partial charge on any atom is 0.328 e. The minimum atomic E-state index is -0.926. The highest BCUT2D eigenvalue weighted by Crippen LogP contribution is 2.14. The highest BCUT2D eigenvalue weighted by Gasteiger charge is 2.01. The van der Waals surface area contributed by atoms with E-state index in [-0.39, 0.29) is 5.41 Å². The first-order chi connectivity index (χ1) is 5.92. The highest BCUT2D eigenvalue weighted by atomic mass is 16.4. The van der Waals surface area contributed by atoms with Crippen molar-refractivity contribution in [3.63, 3.8) is 0 Å². The molecular weight excluding hydrogens is 164 g/mol. The summed E-state index contributed by atoms with van der Waals surface area (Å²) in [4.78, 5) is 10.1. The predicted molar refractivity (Wildman–Crippen MR) is 54.5 cm³/mol. The van der Waals surface area contributed by atoms with Crippen LogP contribution in [0.3, 0.4) is 0 Å². The second kappa shape index (κ2) is 5.36. The zero-order valence-corrected chi connectivity index (χ0v) is 8.32. The monoisotopic (exact) mass is 180 g/mol. The molecule has 0 amide bonds. The Kier molecular flexibility index (Phi) is 4.82. The molecule has 0 radical (unpaired) electrons. The molecule has 0 aliphatic carbocycles. The Bertz CT molecular complexity index is 239. The highest BCUT2D eigenvalue weighted by molar-refractivity contribution is 5.80. The van der Waals surface area contributed by atoms with Gasteiger partial charge >= 0.3 is 5.97 Å². The van der Waals surface area contributed by atoms with Crippen LogP contribution in [0.4, 0.5) is 0 Å². The van der Waals surface area contributed by atoms with Crippen molar-refractivity contribution < 1.29 is 9.90 Å². The van der Waals surface area contributed by atoms with E-state index >= 15 is 0 Å². The molecule has 0 atom stereocenters. The number of hydrogen-bond acceptors (Lipinski definition) is 1. The van der Waals surface area contributed by atoms with E-state index in [2.05, 4.69) is 26.8 Å². The van der Waals surface area contributed by atoms with Gasteiger partial charge in [0.05, 0.1) is 0 Å². The van der Waals surface area contributed by atoms with Crippen LogP contribution in [-0.4, -0.2) is 11.1 Å². The summed E-state index contributed by atoms with van der Waals surface area (Å²) >= 11 is 0. The average Bonchev–Trinajstić information content (AvgIpc) is 1.93. The van der Waals surface area contributed by atoms with Gasteiger partial charge in [0, 0.05) is 6.08 Å². The summed E-state index contributed by atoms with van der Waals surface area (Å²) in [6.45, 7) is 6.30. The molecule has 2 heteroatoms. The SMILES string of the molecule is CC(C)(C)/C=C/C=C/C=C/C(=O)O. The first kappa shape index (κ1) is 11.7. The zero-order valence-electron chi connectivity index (χ0n) is 8.32. The summed E-state index contributed by atoms with van der Waals surface area (Å²) < 4.78 is 0. The molecule has 0 aliphatic rings. The Hall–Kier alpha value is -1.31. The number of allylic oxidation sites excluding steroid dienone is 5. The number of carboxylic acids is 1. The molecule has 2 nitrogen and oxygen atoms in total. The van der Waals surface area contributed by atoms with Gasteiger partial charge in [-0.1, -0.05) is 51.2 Å². The second-order valence-electron chi connectivity index (χ2n) is 3.81. The maximum atomic E-state index is 10.1. The van der Waals surface area contributed by atoms with Crippen LogP contribution >= 0.6 is 0 Å². The maximum absolute atomic E-state index is 10.1.